The lowest BCUT2D eigenvalue weighted by Gasteiger charge is -2.00. The number of sulfone groups is 1. The largest absolute Gasteiger partial charge is 0.370 e. The van der Waals surface area contributed by atoms with Crippen molar-refractivity contribution in [3.8, 4) is 0 Å². The van der Waals surface area contributed by atoms with Gasteiger partial charge in [0.2, 0.25) is 5.91 Å². The molecule has 6 heteroatoms. The van der Waals surface area contributed by atoms with E-state index in [9.17, 15) is 13.2 Å². The summed E-state index contributed by atoms with van der Waals surface area (Å²) >= 11 is 0. The summed E-state index contributed by atoms with van der Waals surface area (Å²) in [4.78, 5) is 14.1. The Morgan fingerprint density at radius 3 is 2.64 bits per heavy atom. The maximum Gasteiger partial charge on any atom is 0.218 e. The van der Waals surface area contributed by atoms with Crippen LogP contribution in [0.5, 0.6) is 0 Å². The van der Waals surface area contributed by atoms with E-state index in [-0.39, 0.29) is 17.2 Å². The Labute approximate surface area is 81.9 Å². The van der Waals surface area contributed by atoms with Crippen molar-refractivity contribution in [2.75, 3.05) is 5.75 Å². The van der Waals surface area contributed by atoms with Gasteiger partial charge in [0.05, 0.1) is 5.75 Å². The quantitative estimate of drug-likeness (QED) is 0.747. The van der Waals surface area contributed by atoms with Crippen LogP contribution >= 0.6 is 0 Å². The molecule has 5 nitrogen and oxygen atoms in total. The highest BCUT2D eigenvalue weighted by Gasteiger charge is 2.15. The Kier molecular flexibility index (Phi) is 3.19. The van der Waals surface area contributed by atoms with Gasteiger partial charge in [-0.25, -0.2) is 13.4 Å². The van der Waals surface area contributed by atoms with Crippen LogP contribution in [0.1, 0.15) is 6.42 Å². The number of nitrogens with zero attached hydrogens (tertiary/aromatic N) is 1. The van der Waals surface area contributed by atoms with Gasteiger partial charge >= 0.3 is 0 Å². The van der Waals surface area contributed by atoms with Crippen LogP contribution in [0.2, 0.25) is 0 Å². The molecule has 2 N–H and O–H groups in total. The van der Waals surface area contributed by atoms with E-state index in [2.05, 4.69) is 4.98 Å². The van der Waals surface area contributed by atoms with E-state index in [1.54, 1.807) is 12.1 Å². The zero-order valence-electron chi connectivity index (χ0n) is 7.38. The van der Waals surface area contributed by atoms with E-state index >= 15 is 0 Å². The van der Waals surface area contributed by atoms with Crippen molar-refractivity contribution >= 4 is 15.7 Å². The number of rotatable bonds is 4. The average Bonchev–Trinajstić information content (AvgIpc) is 2.16. The molecule has 0 radical (unpaired) electrons. The van der Waals surface area contributed by atoms with Crippen LogP contribution in [0.4, 0.5) is 0 Å². The second-order valence-electron chi connectivity index (χ2n) is 2.70. The summed E-state index contributed by atoms with van der Waals surface area (Å²) in [5.74, 6) is -0.927. The highest BCUT2D eigenvalue weighted by atomic mass is 32.2. The topological polar surface area (TPSA) is 90.1 Å². The van der Waals surface area contributed by atoms with Crippen LogP contribution in [-0.2, 0) is 14.6 Å². The molecule has 1 amide bonds. The van der Waals surface area contributed by atoms with Gasteiger partial charge in [0.25, 0.3) is 0 Å². The Balaban J connectivity index is 2.82. The van der Waals surface area contributed by atoms with Gasteiger partial charge in [-0.15, -0.1) is 0 Å². The molecule has 0 atom stereocenters. The first-order chi connectivity index (χ1) is 6.52. The lowest BCUT2D eigenvalue weighted by molar-refractivity contribution is -0.117. The predicted octanol–water partition coefficient (Wildman–Crippen LogP) is -0.269. The van der Waals surface area contributed by atoms with Gasteiger partial charge in [-0.3, -0.25) is 4.79 Å². The molecule has 76 valence electrons. The van der Waals surface area contributed by atoms with Crippen LogP contribution in [0.15, 0.2) is 29.4 Å². The second-order valence-corrected chi connectivity index (χ2v) is 4.76. The molecule has 1 aromatic heterocycles. The van der Waals surface area contributed by atoms with Gasteiger partial charge in [-0.2, -0.15) is 0 Å². The Morgan fingerprint density at radius 2 is 2.14 bits per heavy atom. The first-order valence-corrected chi connectivity index (χ1v) is 5.60. The molecular weight excluding hydrogens is 204 g/mol. The Morgan fingerprint density at radius 1 is 1.43 bits per heavy atom. The zero-order chi connectivity index (χ0) is 10.6. The number of primary amides is 1. The van der Waals surface area contributed by atoms with Crippen molar-refractivity contribution in [1.29, 1.82) is 0 Å². The number of carbonyl (C=O) groups is 1. The minimum Gasteiger partial charge on any atom is -0.370 e. The van der Waals surface area contributed by atoms with E-state index in [0.29, 0.717) is 0 Å². The summed E-state index contributed by atoms with van der Waals surface area (Å²) < 4.78 is 22.9. The van der Waals surface area contributed by atoms with E-state index in [1.807, 2.05) is 0 Å². The molecule has 0 aromatic carbocycles. The Hall–Kier alpha value is -1.43. The molecule has 0 aliphatic carbocycles. The number of amides is 1. The smallest absolute Gasteiger partial charge is 0.218 e. The van der Waals surface area contributed by atoms with E-state index in [0.717, 1.165) is 0 Å². The standard InChI is InChI=1S/C8H10N2O3S/c9-7(11)4-6-14(12,13)8-3-1-2-5-10-8/h1-3,5H,4,6H2,(H2,9,11). The van der Waals surface area contributed by atoms with Crippen molar-refractivity contribution in [2.24, 2.45) is 5.73 Å². The fourth-order valence-corrected chi connectivity index (χ4v) is 2.06. The van der Waals surface area contributed by atoms with Gasteiger partial charge in [-0.05, 0) is 12.1 Å². The third-order valence-electron chi connectivity index (χ3n) is 1.57. The number of carbonyl (C=O) groups excluding carboxylic acids is 1. The SMILES string of the molecule is NC(=O)CCS(=O)(=O)c1ccccn1. The lowest BCUT2D eigenvalue weighted by atomic mass is 10.5. The zero-order valence-corrected chi connectivity index (χ0v) is 8.20. The van der Waals surface area contributed by atoms with Gasteiger partial charge in [-0.1, -0.05) is 6.07 Å². The molecule has 0 spiro atoms. The second kappa shape index (κ2) is 4.19. The predicted molar refractivity (Wildman–Crippen MR) is 50.1 cm³/mol. The maximum absolute atomic E-state index is 11.5. The maximum atomic E-state index is 11.5. The van der Waals surface area contributed by atoms with Crippen molar-refractivity contribution in [2.45, 2.75) is 11.4 Å². The Bertz CT molecular complexity index is 413. The van der Waals surface area contributed by atoms with Crippen LogP contribution in [0.3, 0.4) is 0 Å². The summed E-state index contributed by atoms with van der Waals surface area (Å²) in [6.07, 6.45) is 1.20. The van der Waals surface area contributed by atoms with Crippen molar-refractivity contribution < 1.29 is 13.2 Å². The van der Waals surface area contributed by atoms with Crippen molar-refractivity contribution in [3.63, 3.8) is 0 Å². The number of pyridine rings is 1. The molecule has 0 aliphatic rings. The highest BCUT2D eigenvalue weighted by molar-refractivity contribution is 7.91. The number of aromatic nitrogens is 1. The van der Waals surface area contributed by atoms with Gasteiger partial charge in [0.1, 0.15) is 0 Å². The summed E-state index contributed by atoms with van der Waals surface area (Å²) in [5.41, 5.74) is 4.85. The van der Waals surface area contributed by atoms with E-state index in [4.69, 9.17) is 5.73 Å². The average molecular weight is 214 g/mol. The van der Waals surface area contributed by atoms with Crippen LogP contribution in [0.25, 0.3) is 0 Å². The fourth-order valence-electron chi connectivity index (χ4n) is 0.871. The van der Waals surface area contributed by atoms with E-state index in [1.165, 1.54) is 12.3 Å². The molecular formula is C8H10N2O3S. The van der Waals surface area contributed by atoms with Crippen molar-refractivity contribution in [1.82, 2.24) is 4.98 Å². The molecule has 0 unspecified atom stereocenters. The molecule has 0 aliphatic heterocycles. The van der Waals surface area contributed by atoms with Crippen LogP contribution in [0, 0.1) is 0 Å². The summed E-state index contributed by atoms with van der Waals surface area (Å²) in [5, 5.41) is -0.0266. The van der Waals surface area contributed by atoms with Crippen molar-refractivity contribution in [3.05, 3.63) is 24.4 Å². The van der Waals surface area contributed by atoms with Gasteiger partial charge in [0.15, 0.2) is 14.9 Å². The first kappa shape index (κ1) is 10.6. The van der Waals surface area contributed by atoms with Gasteiger partial charge in [0, 0.05) is 12.6 Å². The molecule has 0 saturated carbocycles. The summed E-state index contributed by atoms with van der Waals surface area (Å²) in [7, 11) is -3.47. The molecule has 14 heavy (non-hydrogen) atoms. The van der Waals surface area contributed by atoms with Crippen LogP contribution < -0.4 is 5.73 Å². The van der Waals surface area contributed by atoms with E-state index < -0.39 is 15.7 Å². The highest BCUT2D eigenvalue weighted by Crippen LogP contribution is 2.07. The lowest BCUT2D eigenvalue weighted by Crippen LogP contribution is -2.17. The monoisotopic (exact) mass is 214 g/mol. The molecule has 0 bridgehead atoms. The third-order valence-corrected chi connectivity index (χ3v) is 3.19. The summed E-state index contributed by atoms with van der Waals surface area (Å²) in [6.45, 7) is 0. The molecule has 1 heterocycles. The number of hydrogen-bond donors (Lipinski definition) is 1. The minimum atomic E-state index is -3.47. The third kappa shape index (κ3) is 2.81. The fraction of sp³-hybridized carbons (Fsp3) is 0.250. The molecule has 0 saturated heterocycles. The molecule has 1 rings (SSSR count). The molecule has 0 fully saturated rings. The normalized spacial score (nSPS) is 11.1. The van der Waals surface area contributed by atoms with Crippen LogP contribution in [-0.4, -0.2) is 25.1 Å². The number of nitrogens with two attached hydrogens (primary N) is 1. The summed E-state index contributed by atoms with van der Waals surface area (Å²) in [6, 6.07) is 4.58. The molecule has 1 aromatic rings. The number of hydrogen-bond acceptors (Lipinski definition) is 4. The minimum absolute atomic E-state index is 0.0266. The first-order valence-electron chi connectivity index (χ1n) is 3.94. The van der Waals surface area contributed by atoms with Gasteiger partial charge < -0.3 is 5.73 Å².